The highest BCUT2D eigenvalue weighted by Crippen LogP contribution is 2.27. The van der Waals surface area contributed by atoms with Gasteiger partial charge < -0.3 is 0 Å². The van der Waals surface area contributed by atoms with Gasteiger partial charge in [-0.15, -0.1) is 11.3 Å². The van der Waals surface area contributed by atoms with Crippen LogP contribution in [0.5, 0.6) is 0 Å². The lowest BCUT2D eigenvalue weighted by atomic mass is 10.4. The summed E-state index contributed by atoms with van der Waals surface area (Å²) in [6, 6.07) is 3.73. The average molecular weight is 269 g/mol. The smallest absolute Gasteiger partial charge is 0.169 e. The van der Waals surface area contributed by atoms with E-state index in [4.69, 9.17) is 0 Å². The molecule has 0 bridgehead atoms. The van der Waals surface area contributed by atoms with E-state index in [1.165, 1.54) is 11.3 Å². The van der Waals surface area contributed by atoms with Gasteiger partial charge in [0.15, 0.2) is 6.29 Å². The van der Waals surface area contributed by atoms with Gasteiger partial charge in [0, 0.05) is 16.0 Å². The second kappa shape index (κ2) is 3.98. The van der Waals surface area contributed by atoms with Gasteiger partial charge in [0.05, 0.1) is 0 Å². The molecule has 0 saturated heterocycles. The zero-order valence-corrected chi connectivity index (χ0v) is 9.38. The van der Waals surface area contributed by atoms with E-state index in [0.717, 1.165) is 21.5 Å². The first-order valence-corrected chi connectivity index (χ1v) is 5.50. The lowest BCUT2D eigenvalue weighted by Gasteiger charge is -1.96. The number of aldehydes is 1. The Morgan fingerprint density at radius 1 is 1.50 bits per heavy atom. The monoisotopic (exact) mass is 268 g/mol. The first-order chi connectivity index (χ1) is 6.81. The Morgan fingerprint density at radius 3 is 3.00 bits per heavy atom. The van der Waals surface area contributed by atoms with Gasteiger partial charge in [0.1, 0.15) is 16.4 Å². The summed E-state index contributed by atoms with van der Waals surface area (Å²) in [5, 5.41) is 2.46. The highest BCUT2D eigenvalue weighted by molar-refractivity contribution is 9.10. The van der Waals surface area contributed by atoms with Gasteiger partial charge in [-0.25, -0.2) is 4.98 Å². The van der Waals surface area contributed by atoms with Crippen molar-refractivity contribution in [1.29, 1.82) is 0 Å². The number of thiazole rings is 1. The van der Waals surface area contributed by atoms with Crippen LogP contribution in [0.3, 0.4) is 0 Å². The molecule has 0 radical (unpaired) electrons. The molecule has 0 aromatic carbocycles. The first-order valence-electron chi connectivity index (χ1n) is 3.83. The number of nitrogens with zero attached hydrogens (tertiary/aromatic N) is 2. The average Bonchev–Trinajstić information content (AvgIpc) is 2.67. The Morgan fingerprint density at radius 2 is 2.36 bits per heavy atom. The minimum absolute atomic E-state index is 0.447. The number of rotatable bonds is 2. The maximum atomic E-state index is 10.4. The maximum Gasteiger partial charge on any atom is 0.169 e. The van der Waals surface area contributed by atoms with Crippen LogP contribution >= 0.6 is 27.3 Å². The molecule has 2 aromatic rings. The summed E-state index contributed by atoms with van der Waals surface area (Å²) in [6.45, 7) is 0. The summed E-state index contributed by atoms with van der Waals surface area (Å²) in [6.07, 6.45) is 2.43. The normalized spacial score (nSPS) is 10.1. The highest BCUT2D eigenvalue weighted by Gasteiger charge is 2.08. The number of pyridine rings is 1. The lowest BCUT2D eigenvalue weighted by molar-refractivity contribution is 0.111. The van der Waals surface area contributed by atoms with E-state index in [2.05, 4.69) is 25.9 Å². The molecule has 0 N–H and O–H groups in total. The molecule has 0 amide bonds. The van der Waals surface area contributed by atoms with Crippen molar-refractivity contribution in [3.8, 4) is 10.7 Å². The quantitative estimate of drug-likeness (QED) is 0.787. The number of hydrogen-bond donors (Lipinski definition) is 0. The van der Waals surface area contributed by atoms with Crippen LogP contribution in [0.25, 0.3) is 10.7 Å². The number of halogens is 1. The number of aromatic nitrogens is 2. The van der Waals surface area contributed by atoms with Gasteiger partial charge in [0.25, 0.3) is 0 Å². The van der Waals surface area contributed by atoms with Gasteiger partial charge in [-0.3, -0.25) is 9.78 Å². The summed E-state index contributed by atoms with van der Waals surface area (Å²) in [4.78, 5) is 18.7. The second-order valence-electron chi connectivity index (χ2n) is 2.53. The standard InChI is InChI=1S/C9H5BrN2OS/c10-7-2-1-3-11-8(7)9-12-6(4-13)5-14-9/h1-5H. The largest absolute Gasteiger partial charge is 0.296 e. The van der Waals surface area contributed by atoms with E-state index in [-0.39, 0.29) is 0 Å². The minimum Gasteiger partial charge on any atom is -0.296 e. The fourth-order valence-corrected chi connectivity index (χ4v) is 2.34. The lowest BCUT2D eigenvalue weighted by Crippen LogP contribution is -1.84. The van der Waals surface area contributed by atoms with E-state index in [1.807, 2.05) is 12.1 Å². The van der Waals surface area contributed by atoms with E-state index in [0.29, 0.717) is 5.69 Å². The fraction of sp³-hybridized carbons (Fsp3) is 0. The molecule has 3 nitrogen and oxygen atoms in total. The summed E-state index contributed by atoms with van der Waals surface area (Å²) >= 11 is 4.79. The zero-order valence-electron chi connectivity index (χ0n) is 6.98. The molecule has 0 spiro atoms. The van der Waals surface area contributed by atoms with Crippen LogP contribution in [-0.2, 0) is 0 Å². The summed E-state index contributed by atoms with van der Waals surface area (Å²) in [7, 11) is 0. The molecule has 2 aromatic heterocycles. The van der Waals surface area contributed by atoms with Crippen molar-refractivity contribution in [2.75, 3.05) is 0 Å². The highest BCUT2D eigenvalue weighted by atomic mass is 79.9. The van der Waals surface area contributed by atoms with E-state index < -0.39 is 0 Å². The molecule has 70 valence electrons. The van der Waals surface area contributed by atoms with Crippen molar-refractivity contribution >= 4 is 33.6 Å². The Hall–Kier alpha value is -1.07. The summed E-state index contributed by atoms with van der Waals surface area (Å²) < 4.78 is 0.881. The molecule has 2 heterocycles. The molecular formula is C9H5BrN2OS. The Labute approximate surface area is 93.0 Å². The number of hydrogen-bond acceptors (Lipinski definition) is 4. The predicted octanol–water partition coefficient (Wildman–Crippen LogP) is 2.78. The number of carbonyl (C=O) groups is 1. The van der Waals surface area contributed by atoms with Crippen molar-refractivity contribution in [3.05, 3.63) is 33.9 Å². The Bertz CT molecular complexity index is 469. The molecule has 0 aliphatic carbocycles. The molecule has 14 heavy (non-hydrogen) atoms. The molecule has 0 unspecified atom stereocenters. The van der Waals surface area contributed by atoms with E-state index in [1.54, 1.807) is 11.6 Å². The molecule has 5 heteroatoms. The third kappa shape index (κ3) is 1.73. The third-order valence-electron chi connectivity index (χ3n) is 1.60. The van der Waals surface area contributed by atoms with Crippen LogP contribution in [0, 0.1) is 0 Å². The number of carbonyl (C=O) groups excluding carboxylic acids is 1. The van der Waals surface area contributed by atoms with Gasteiger partial charge in [-0.2, -0.15) is 0 Å². The molecule has 0 fully saturated rings. The first kappa shape index (κ1) is 9.48. The zero-order chi connectivity index (χ0) is 9.97. The van der Waals surface area contributed by atoms with Crippen LogP contribution in [0.4, 0.5) is 0 Å². The SMILES string of the molecule is O=Cc1csc(-c2ncccc2Br)n1. The Balaban J connectivity index is 2.49. The topological polar surface area (TPSA) is 42.9 Å². The van der Waals surface area contributed by atoms with Crippen molar-refractivity contribution in [2.45, 2.75) is 0 Å². The van der Waals surface area contributed by atoms with E-state index in [9.17, 15) is 4.79 Å². The van der Waals surface area contributed by atoms with Crippen molar-refractivity contribution in [2.24, 2.45) is 0 Å². The van der Waals surface area contributed by atoms with Gasteiger partial charge in [-0.1, -0.05) is 0 Å². The molecule has 0 aliphatic rings. The Kier molecular flexibility index (Phi) is 2.69. The molecular weight excluding hydrogens is 264 g/mol. The van der Waals surface area contributed by atoms with Gasteiger partial charge >= 0.3 is 0 Å². The maximum absolute atomic E-state index is 10.4. The summed E-state index contributed by atoms with van der Waals surface area (Å²) in [5.41, 5.74) is 1.22. The summed E-state index contributed by atoms with van der Waals surface area (Å²) in [5.74, 6) is 0. The van der Waals surface area contributed by atoms with Crippen molar-refractivity contribution in [1.82, 2.24) is 9.97 Å². The van der Waals surface area contributed by atoms with Crippen LogP contribution in [0.15, 0.2) is 28.2 Å². The molecule has 2 rings (SSSR count). The van der Waals surface area contributed by atoms with Crippen LogP contribution in [-0.4, -0.2) is 16.3 Å². The fourth-order valence-electron chi connectivity index (χ4n) is 0.992. The second-order valence-corrected chi connectivity index (χ2v) is 4.24. The van der Waals surface area contributed by atoms with E-state index >= 15 is 0 Å². The van der Waals surface area contributed by atoms with Crippen molar-refractivity contribution < 1.29 is 4.79 Å². The third-order valence-corrected chi connectivity index (χ3v) is 3.11. The van der Waals surface area contributed by atoms with Crippen LogP contribution in [0.1, 0.15) is 10.5 Å². The van der Waals surface area contributed by atoms with Gasteiger partial charge in [-0.05, 0) is 28.1 Å². The molecule has 0 aliphatic heterocycles. The minimum atomic E-state index is 0.447. The van der Waals surface area contributed by atoms with Crippen LogP contribution in [0.2, 0.25) is 0 Å². The van der Waals surface area contributed by atoms with Gasteiger partial charge in [0.2, 0.25) is 0 Å². The molecule has 0 atom stereocenters. The predicted molar refractivity (Wildman–Crippen MR) is 58.4 cm³/mol. The van der Waals surface area contributed by atoms with Crippen LogP contribution < -0.4 is 0 Å². The molecule has 0 saturated carbocycles. The van der Waals surface area contributed by atoms with Crippen molar-refractivity contribution in [3.63, 3.8) is 0 Å².